The van der Waals surface area contributed by atoms with Crippen molar-refractivity contribution in [1.29, 1.82) is 0 Å². The first-order chi connectivity index (χ1) is 48.6. The van der Waals surface area contributed by atoms with Gasteiger partial charge in [-0.25, -0.2) is 0 Å². The van der Waals surface area contributed by atoms with Crippen LogP contribution in [0.1, 0.15) is 207 Å². The number of aliphatic hydroxyl groups excluding tert-OH is 15. The Balaban J connectivity index is 1.22. The molecule has 590 valence electrons. The Morgan fingerprint density at radius 1 is 0.386 bits per heavy atom. The normalized spacial score (nSPS) is 35.3. The zero-order valence-corrected chi connectivity index (χ0v) is 59.8. The number of aliphatic hydroxyl groups is 15. The summed E-state index contributed by atoms with van der Waals surface area (Å²) in [6.07, 6.45) is -9.32. The third-order valence-electron chi connectivity index (χ3n) is 19.6. The Hall–Kier alpha value is -2.85. The zero-order valence-electron chi connectivity index (χ0n) is 59.8. The van der Waals surface area contributed by atoms with E-state index in [0.717, 1.165) is 65.2 Å². The number of allylic oxidation sites excluding steroid dienone is 1. The lowest BCUT2D eigenvalue weighted by Gasteiger charge is -2.50. The highest BCUT2D eigenvalue weighted by Crippen LogP contribution is 2.37. The summed E-state index contributed by atoms with van der Waals surface area (Å²) in [4.78, 5) is 38.4. The molecule has 5 aliphatic rings. The summed E-state index contributed by atoms with van der Waals surface area (Å²) < 4.78 is 59.0. The molecule has 10 unspecified atom stereocenters. The molecule has 5 saturated heterocycles. The van der Waals surface area contributed by atoms with Crippen molar-refractivity contribution in [2.24, 2.45) is 0 Å². The molecule has 31 nitrogen and oxygen atoms in total. The molecule has 101 heavy (non-hydrogen) atoms. The van der Waals surface area contributed by atoms with E-state index in [-0.39, 0.29) is 12.3 Å². The summed E-state index contributed by atoms with van der Waals surface area (Å²) in [5, 5.41) is 174. The molecule has 5 heterocycles. The average molecular weight is 1460 g/mol. The van der Waals surface area contributed by atoms with Crippen molar-refractivity contribution in [1.82, 2.24) is 16.0 Å². The van der Waals surface area contributed by atoms with Crippen LogP contribution in [0, 0.1) is 0 Å². The van der Waals surface area contributed by atoms with Crippen LogP contribution >= 0.6 is 0 Å². The molecule has 5 aliphatic heterocycles. The maximum absolute atomic E-state index is 13.5. The number of nitrogens with one attached hydrogen (secondary N) is 3. The minimum atomic E-state index is -2.16. The van der Waals surface area contributed by atoms with Gasteiger partial charge in [-0.1, -0.05) is 180 Å². The molecule has 18 N–H and O–H groups in total. The number of hydrogen-bond donors (Lipinski definition) is 18. The standard InChI is InChI=1S/C70H127N3O28/c1-5-7-9-11-13-15-17-19-20-22-24-26-28-30-32-34-50(82)73-43(44(81)33-31-29-27-25-23-21-18-16-14-12-10-8-6-2)40-92-68-59(89)58(88)63(49(39-78)97-68)99-70-61(91)65(55(85)47(37-76)95-70)101-67-52(72-42(4)80)57(87)62(48(38-77)96-67)98-69-60(90)64(54(84)46(36-75)94-69)100-66-51(71-41(3)79)56(86)53(83)45(35-74)93-66/h31,33,43-49,51-70,74-78,81,83-91H,5-30,32,34-40H2,1-4H3,(H,71,79)(H,72,80)(H,73,82)/b33-31+/t43-,44+,45?,46?,47?,48?,49?,51?,52?,53-,54-,55-,56+,57+,58+,59?,60?,61?,62+,63+,64-,65-,66-,67-,68+,69-,70-/m0/s1. The molecule has 27 atom stereocenters. The van der Waals surface area contributed by atoms with Gasteiger partial charge in [-0.2, -0.15) is 0 Å². The van der Waals surface area contributed by atoms with Gasteiger partial charge in [-0.05, 0) is 19.3 Å². The van der Waals surface area contributed by atoms with Crippen LogP contribution in [0.25, 0.3) is 0 Å². The Bertz CT molecular complexity index is 2270. The first-order valence-electron chi connectivity index (χ1n) is 37.5. The van der Waals surface area contributed by atoms with Gasteiger partial charge in [-0.3, -0.25) is 14.4 Å². The molecule has 5 rings (SSSR count). The van der Waals surface area contributed by atoms with Gasteiger partial charge in [0.2, 0.25) is 17.7 Å². The SMILES string of the molecule is CCCCCCCCCCCCC/C=C/[C@@H](O)[C@H](CO[C@@H]1OC(CO)[C@@H](O[C@@H]2OC(CO)[C@H](O)[C@H](O[C@@H]3OC(CO)[C@@H](O[C@@H]4OC(CO)[C@H](O)[C@H](O[C@@H]5OC(CO)[C@H](O)[C@H](O)C5NC(C)=O)C4O)[C@H](O)C3NC(C)=O)C2O)[C@H](O)C1O)NC(=O)CCCCCCCCCCCCCCCCC. The average Bonchev–Trinajstić information content (AvgIpc) is 0.771. The molecule has 0 spiro atoms. The fourth-order valence-corrected chi connectivity index (χ4v) is 13.6. The van der Waals surface area contributed by atoms with Gasteiger partial charge in [0.15, 0.2) is 31.5 Å². The molecule has 3 amide bonds. The van der Waals surface area contributed by atoms with Crippen molar-refractivity contribution in [3.63, 3.8) is 0 Å². The molecular weight excluding hydrogens is 1330 g/mol. The molecule has 0 aromatic rings. The van der Waals surface area contributed by atoms with E-state index in [9.17, 15) is 91.0 Å². The van der Waals surface area contributed by atoms with E-state index >= 15 is 0 Å². The molecule has 5 fully saturated rings. The van der Waals surface area contributed by atoms with Gasteiger partial charge >= 0.3 is 0 Å². The second-order valence-electron chi connectivity index (χ2n) is 27.8. The summed E-state index contributed by atoms with van der Waals surface area (Å²) in [6, 6.07) is -4.39. The number of unbranched alkanes of at least 4 members (excludes halogenated alkanes) is 25. The monoisotopic (exact) mass is 1460 g/mol. The fraction of sp³-hybridized carbons (Fsp3) is 0.929. The van der Waals surface area contributed by atoms with E-state index in [0.29, 0.717) is 12.8 Å². The highest BCUT2D eigenvalue weighted by atomic mass is 16.8. The number of amides is 3. The van der Waals surface area contributed by atoms with Crippen molar-refractivity contribution in [2.45, 2.75) is 373 Å². The van der Waals surface area contributed by atoms with Crippen LogP contribution in [0.4, 0.5) is 0 Å². The molecule has 0 aromatic heterocycles. The molecule has 0 saturated carbocycles. The van der Waals surface area contributed by atoms with Crippen LogP contribution < -0.4 is 16.0 Å². The second-order valence-corrected chi connectivity index (χ2v) is 27.8. The van der Waals surface area contributed by atoms with Gasteiger partial charge in [0, 0.05) is 20.3 Å². The van der Waals surface area contributed by atoms with E-state index in [4.69, 9.17) is 47.4 Å². The van der Waals surface area contributed by atoms with Crippen LogP contribution in [0.2, 0.25) is 0 Å². The quantitative estimate of drug-likeness (QED) is 0.0276. The third-order valence-corrected chi connectivity index (χ3v) is 19.6. The van der Waals surface area contributed by atoms with Crippen molar-refractivity contribution in [2.75, 3.05) is 39.6 Å². The lowest BCUT2D eigenvalue weighted by atomic mass is 9.94. The molecule has 31 heteroatoms. The van der Waals surface area contributed by atoms with Crippen LogP contribution in [0.5, 0.6) is 0 Å². The van der Waals surface area contributed by atoms with E-state index in [1.54, 1.807) is 6.08 Å². The number of rotatable bonds is 49. The lowest BCUT2D eigenvalue weighted by molar-refractivity contribution is -0.385. The lowest BCUT2D eigenvalue weighted by Crippen LogP contribution is -2.70. The van der Waals surface area contributed by atoms with Crippen LogP contribution in [-0.4, -0.2) is 300 Å². The number of hydrogen-bond acceptors (Lipinski definition) is 28. The molecule has 0 aliphatic carbocycles. The molecular formula is C70H127N3O28. The summed E-state index contributed by atoms with van der Waals surface area (Å²) in [6.45, 7) is 1.38. The van der Waals surface area contributed by atoms with Gasteiger partial charge in [0.25, 0.3) is 0 Å². The first-order valence-corrected chi connectivity index (χ1v) is 37.5. The summed E-state index contributed by atoms with van der Waals surface area (Å²) in [5.74, 6) is -1.89. The van der Waals surface area contributed by atoms with Crippen LogP contribution in [-0.2, 0) is 61.8 Å². The summed E-state index contributed by atoms with van der Waals surface area (Å²) in [7, 11) is 0. The van der Waals surface area contributed by atoms with E-state index in [1.165, 1.54) is 109 Å². The van der Waals surface area contributed by atoms with Gasteiger partial charge in [0.05, 0.1) is 51.8 Å². The molecule has 0 bridgehead atoms. The first kappa shape index (κ1) is 88.8. The number of carbonyl (C=O) groups is 3. The largest absolute Gasteiger partial charge is 0.394 e. The van der Waals surface area contributed by atoms with Crippen molar-refractivity contribution in [3.05, 3.63) is 12.2 Å². The minimum Gasteiger partial charge on any atom is -0.394 e. The van der Waals surface area contributed by atoms with Gasteiger partial charge in [0.1, 0.15) is 122 Å². The Morgan fingerprint density at radius 3 is 1.15 bits per heavy atom. The number of ether oxygens (including phenoxy) is 10. The minimum absolute atomic E-state index is 0.190. The van der Waals surface area contributed by atoms with Crippen molar-refractivity contribution < 1.29 is 138 Å². The topological polar surface area (TPSA) is 483 Å². The number of carbonyl (C=O) groups excluding carboxylic acids is 3. The highest BCUT2D eigenvalue weighted by Gasteiger charge is 2.57. The summed E-state index contributed by atoms with van der Waals surface area (Å²) in [5.41, 5.74) is 0. The van der Waals surface area contributed by atoms with Crippen molar-refractivity contribution in [3.8, 4) is 0 Å². The molecule has 0 radical (unpaired) electrons. The maximum atomic E-state index is 13.5. The maximum Gasteiger partial charge on any atom is 0.220 e. The van der Waals surface area contributed by atoms with E-state index < -0.39 is 217 Å². The highest BCUT2D eigenvalue weighted by molar-refractivity contribution is 5.76. The third kappa shape index (κ3) is 28.3. The van der Waals surface area contributed by atoms with E-state index in [1.807, 2.05) is 6.08 Å². The predicted octanol–water partition coefficient (Wildman–Crippen LogP) is -0.248. The second kappa shape index (κ2) is 48.5. The van der Waals surface area contributed by atoms with Gasteiger partial charge in [-0.15, -0.1) is 0 Å². The predicted molar refractivity (Wildman–Crippen MR) is 361 cm³/mol. The Labute approximate surface area is 594 Å². The van der Waals surface area contributed by atoms with Gasteiger partial charge < -0.3 is 140 Å². The van der Waals surface area contributed by atoms with Crippen LogP contribution in [0.3, 0.4) is 0 Å². The molecule has 0 aromatic carbocycles. The smallest absolute Gasteiger partial charge is 0.220 e. The Kier molecular flexibility index (Phi) is 42.6. The van der Waals surface area contributed by atoms with Crippen molar-refractivity contribution >= 4 is 17.7 Å². The Morgan fingerprint density at radius 2 is 0.733 bits per heavy atom. The zero-order chi connectivity index (χ0) is 74.0. The van der Waals surface area contributed by atoms with Crippen LogP contribution in [0.15, 0.2) is 12.2 Å². The summed E-state index contributed by atoms with van der Waals surface area (Å²) >= 11 is 0. The van der Waals surface area contributed by atoms with E-state index in [2.05, 4.69) is 29.8 Å². The fourth-order valence-electron chi connectivity index (χ4n) is 13.6.